The number of nitrogen functional groups attached to an aromatic ring is 1. The van der Waals surface area contributed by atoms with E-state index in [1.807, 2.05) is 31.3 Å². The highest BCUT2D eigenvalue weighted by Crippen LogP contribution is 2.23. The number of fused-ring (bicyclic) bond motifs is 1. The van der Waals surface area contributed by atoms with Crippen LogP contribution in [0.15, 0.2) is 30.5 Å². The van der Waals surface area contributed by atoms with E-state index in [1.54, 1.807) is 6.20 Å². The summed E-state index contributed by atoms with van der Waals surface area (Å²) >= 11 is 0. The average molecular weight is 254 g/mol. The van der Waals surface area contributed by atoms with Gasteiger partial charge in [0.2, 0.25) is 0 Å². The van der Waals surface area contributed by atoms with Crippen LogP contribution in [-0.4, -0.2) is 23.0 Å². The Morgan fingerprint density at radius 2 is 2.21 bits per heavy atom. The third kappa shape index (κ3) is 2.83. The Balaban J connectivity index is 2.31. The van der Waals surface area contributed by atoms with Crippen molar-refractivity contribution in [2.75, 3.05) is 12.8 Å². The van der Waals surface area contributed by atoms with E-state index in [-0.39, 0.29) is 6.04 Å². The maximum Gasteiger partial charge on any atom is 0.0767 e. The van der Waals surface area contributed by atoms with Crippen molar-refractivity contribution in [3.63, 3.8) is 0 Å². The maximum atomic E-state index is 8.75. The van der Waals surface area contributed by atoms with Crippen LogP contribution in [0.4, 0.5) is 5.69 Å². The van der Waals surface area contributed by atoms with E-state index in [1.165, 1.54) is 0 Å². The average Bonchev–Trinajstić information content (AvgIpc) is 2.42. The van der Waals surface area contributed by atoms with Crippen LogP contribution in [0.2, 0.25) is 0 Å². The Bertz CT molecular complexity index is 615. The summed E-state index contributed by atoms with van der Waals surface area (Å²) in [6.07, 6.45) is 2.31. The number of nitrogens with zero attached hydrogens (tertiary/aromatic N) is 3. The first-order valence-electron chi connectivity index (χ1n) is 6.32. The summed E-state index contributed by atoms with van der Waals surface area (Å²) in [6, 6.07) is 10.2. The second-order valence-corrected chi connectivity index (χ2v) is 4.84. The number of rotatable bonds is 4. The zero-order chi connectivity index (χ0) is 13.8. The van der Waals surface area contributed by atoms with Crippen LogP contribution in [0.25, 0.3) is 10.9 Å². The molecule has 0 spiro atoms. The molecule has 1 heterocycles. The Kier molecular flexibility index (Phi) is 3.98. The molecule has 2 aromatic rings. The Morgan fingerprint density at radius 3 is 2.95 bits per heavy atom. The zero-order valence-electron chi connectivity index (χ0n) is 11.3. The minimum Gasteiger partial charge on any atom is -0.398 e. The smallest absolute Gasteiger partial charge is 0.0767 e. The van der Waals surface area contributed by atoms with Gasteiger partial charge < -0.3 is 5.73 Å². The minimum atomic E-state index is 0.223. The van der Waals surface area contributed by atoms with Gasteiger partial charge in [0.05, 0.1) is 18.0 Å². The molecule has 0 amide bonds. The molecular formula is C15H18N4. The molecule has 4 heteroatoms. The predicted molar refractivity (Wildman–Crippen MR) is 77.3 cm³/mol. The van der Waals surface area contributed by atoms with Gasteiger partial charge in [0, 0.05) is 29.9 Å². The topological polar surface area (TPSA) is 65.9 Å². The molecule has 2 rings (SSSR count). The van der Waals surface area contributed by atoms with Gasteiger partial charge in [-0.05, 0) is 37.7 Å². The first-order valence-corrected chi connectivity index (χ1v) is 6.32. The summed E-state index contributed by atoms with van der Waals surface area (Å²) in [5, 5.41) is 9.74. The number of nitriles is 1. The Hall–Kier alpha value is -2.12. The summed E-state index contributed by atoms with van der Waals surface area (Å²) in [4.78, 5) is 6.58. The van der Waals surface area contributed by atoms with E-state index in [2.05, 4.69) is 22.9 Å². The molecule has 19 heavy (non-hydrogen) atoms. The molecule has 0 aliphatic rings. The summed E-state index contributed by atoms with van der Waals surface area (Å²) in [6.45, 7) is 2.81. The zero-order valence-corrected chi connectivity index (χ0v) is 11.3. The van der Waals surface area contributed by atoms with E-state index in [9.17, 15) is 0 Å². The summed E-state index contributed by atoms with van der Waals surface area (Å²) in [5.41, 5.74) is 8.80. The molecule has 0 fully saturated rings. The number of pyridine rings is 1. The van der Waals surface area contributed by atoms with E-state index in [4.69, 9.17) is 11.0 Å². The van der Waals surface area contributed by atoms with Crippen molar-refractivity contribution >= 4 is 16.6 Å². The highest BCUT2D eigenvalue weighted by Gasteiger charge is 2.12. The van der Waals surface area contributed by atoms with Gasteiger partial charge >= 0.3 is 0 Å². The SMILES string of the molecule is CC(CC#N)N(C)Cc1ccc(N)c2cccnc12. The standard InChI is InChI=1S/C15H18N4/c1-11(7-8-16)19(2)10-12-5-6-14(17)13-4-3-9-18-15(12)13/h3-6,9,11H,7,10,17H2,1-2H3. The van der Waals surface area contributed by atoms with Crippen LogP contribution < -0.4 is 5.73 Å². The molecule has 0 saturated heterocycles. The van der Waals surface area contributed by atoms with Gasteiger partial charge in [0.1, 0.15) is 0 Å². The lowest BCUT2D eigenvalue weighted by atomic mass is 10.1. The van der Waals surface area contributed by atoms with Gasteiger partial charge in [0.25, 0.3) is 0 Å². The van der Waals surface area contributed by atoms with E-state index in [0.29, 0.717) is 6.42 Å². The van der Waals surface area contributed by atoms with E-state index >= 15 is 0 Å². The summed E-state index contributed by atoms with van der Waals surface area (Å²) in [7, 11) is 2.02. The number of aromatic nitrogens is 1. The molecule has 0 aliphatic carbocycles. The molecule has 1 unspecified atom stereocenters. The number of anilines is 1. The molecule has 1 aromatic heterocycles. The normalized spacial score (nSPS) is 12.5. The van der Waals surface area contributed by atoms with Gasteiger partial charge in [-0.2, -0.15) is 5.26 Å². The van der Waals surface area contributed by atoms with Crippen molar-refractivity contribution in [3.8, 4) is 6.07 Å². The lowest BCUT2D eigenvalue weighted by molar-refractivity contribution is 0.253. The fraction of sp³-hybridized carbons (Fsp3) is 0.333. The van der Waals surface area contributed by atoms with Crippen LogP contribution in [0.1, 0.15) is 18.9 Å². The van der Waals surface area contributed by atoms with Crippen molar-refractivity contribution in [2.24, 2.45) is 0 Å². The van der Waals surface area contributed by atoms with Crippen LogP contribution in [0.5, 0.6) is 0 Å². The van der Waals surface area contributed by atoms with Gasteiger partial charge in [0.15, 0.2) is 0 Å². The molecule has 1 aromatic carbocycles. The van der Waals surface area contributed by atoms with E-state index < -0.39 is 0 Å². The third-order valence-corrected chi connectivity index (χ3v) is 3.45. The largest absolute Gasteiger partial charge is 0.398 e. The lowest BCUT2D eigenvalue weighted by Gasteiger charge is -2.23. The highest BCUT2D eigenvalue weighted by molar-refractivity contribution is 5.92. The lowest BCUT2D eigenvalue weighted by Crippen LogP contribution is -2.28. The van der Waals surface area contributed by atoms with Crippen LogP contribution >= 0.6 is 0 Å². The van der Waals surface area contributed by atoms with Crippen LogP contribution in [0.3, 0.4) is 0 Å². The molecule has 0 saturated carbocycles. The summed E-state index contributed by atoms with van der Waals surface area (Å²) < 4.78 is 0. The number of benzene rings is 1. The quantitative estimate of drug-likeness (QED) is 0.851. The molecule has 0 bridgehead atoms. The van der Waals surface area contributed by atoms with Crippen molar-refractivity contribution in [1.82, 2.24) is 9.88 Å². The monoisotopic (exact) mass is 254 g/mol. The fourth-order valence-corrected chi connectivity index (χ4v) is 2.09. The number of hydrogen-bond acceptors (Lipinski definition) is 4. The van der Waals surface area contributed by atoms with Gasteiger partial charge in [-0.25, -0.2) is 0 Å². The van der Waals surface area contributed by atoms with Crippen molar-refractivity contribution in [3.05, 3.63) is 36.0 Å². The predicted octanol–water partition coefficient (Wildman–Crippen LogP) is 2.55. The van der Waals surface area contributed by atoms with Crippen LogP contribution in [0, 0.1) is 11.3 Å². The Morgan fingerprint density at radius 1 is 1.42 bits per heavy atom. The molecule has 0 aliphatic heterocycles. The fourth-order valence-electron chi connectivity index (χ4n) is 2.09. The second kappa shape index (κ2) is 5.68. The van der Waals surface area contributed by atoms with Gasteiger partial charge in [-0.3, -0.25) is 9.88 Å². The minimum absolute atomic E-state index is 0.223. The second-order valence-electron chi connectivity index (χ2n) is 4.84. The van der Waals surface area contributed by atoms with Crippen molar-refractivity contribution < 1.29 is 0 Å². The number of hydrogen-bond donors (Lipinski definition) is 1. The van der Waals surface area contributed by atoms with E-state index in [0.717, 1.165) is 28.7 Å². The maximum absolute atomic E-state index is 8.75. The summed E-state index contributed by atoms with van der Waals surface area (Å²) in [5.74, 6) is 0. The molecular weight excluding hydrogens is 236 g/mol. The highest BCUT2D eigenvalue weighted by atomic mass is 15.1. The first-order chi connectivity index (χ1) is 9.13. The molecule has 2 N–H and O–H groups in total. The number of nitrogens with two attached hydrogens (primary N) is 1. The Labute approximate surface area is 113 Å². The first kappa shape index (κ1) is 13.3. The van der Waals surface area contributed by atoms with Crippen LogP contribution in [-0.2, 0) is 6.54 Å². The molecule has 0 radical (unpaired) electrons. The molecule has 1 atom stereocenters. The van der Waals surface area contributed by atoms with Gasteiger partial charge in [-0.15, -0.1) is 0 Å². The van der Waals surface area contributed by atoms with Crippen molar-refractivity contribution in [2.45, 2.75) is 25.9 Å². The van der Waals surface area contributed by atoms with Gasteiger partial charge in [-0.1, -0.05) is 6.07 Å². The third-order valence-electron chi connectivity index (χ3n) is 3.45. The molecule has 98 valence electrons. The van der Waals surface area contributed by atoms with Crippen molar-refractivity contribution in [1.29, 1.82) is 5.26 Å². The molecule has 4 nitrogen and oxygen atoms in total.